The number of hydrogen-bond donors (Lipinski definition) is 2. The molecule has 20 heavy (non-hydrogen) atoms. The minimum atomic E-state index is -0.222. The summed E-state index contributed by atoms with van der Waals surface area (Å²) >= 11 is 0. The first-order valence-corrected chi connectivity index (χ1v) is 7.24. The second-order valence-electron chi connectivity index (χ2n) is 6.83. The van der Waals surface area contributed by atoms with Gasteiger partial charge in [-0.1, -0.05) is 71.4 Å². The van der Waals surface area contributed by atoms with Gasteiger partial charge in [0.15, 0.2) is 0 Å². The molecule has 0 spiro atoms. The molecule has 2 nitrogen and oxygen atoms in total. The summed E-state index contributed by atoms with van der Waals surface area (Å²) in [5.74, 6) is 0.0496. The maximum Gasteiger partial charge on any atom is 0.137 e. The molecule has 110 valence electrons. The molecule has 2 N–H and O–H groups in total. The van der Waals surface area contributed by atoms with Crippen LogP contribution in [0.1, 0.15) is 47.5 Å². The molecule has 0 fully saturated rings. The molecular weight excluding hydrogens is 246 g/mol. The fourth-order valence-electron chi connectivity index (χ4n) is 1.85. The van der Waals surface area contributed by atoms with Crippen molar-refractivity contribution in [2.75, 3.05) is 0 Å². The van der Waals surface area contributed by atoms with Gasteiger partial charge < -0.3 is 5.11 Å². The van der Waals surface area contributed by atoms with Crippen LogP contribution in [0.2, 0.25) is 0 Å². The van der Waals surface area contributed by atoms with Gasteiger partial charge in [0.05, 0.1) is 0 Å². The van der Waals surface area contributed by atoms with Crippen molar-refractivity contribution < 1.29 is 5.11 Å². The van der Waals surface area contributed by atoms with Crippen molar-refractivity contribution in [2.24, 2.45) is 10.8 Å². The minimum Gasteiger partial charge on any atom is -0.506 e. The summed E-state index contributed by atoms with van der Waals surface area (Å²) in [4.78, 5) is 0. The largest absolute Gasteiger partial charge is 0.506 e. The highest BCUT2D eigenvalue weighted by atomic mass is 16.3. The van der Waals surface area contributed by atoms with E-state index in [9.17, 15) is 5.11 Å². The first-order valence-electron chi connectivity index (χ1n) is 7.24. The summed E-state index contributed by atoms with van der Waals surface area (Å²) in [6.07, 6.45) is 13.8. The van der Waals surface area contributed by atoms with Crippen LogP contribution in [0.15, 0.2) is 47.8 Å². The Hall–Kier alpha value is -1.57. The van der Waals surface area contributed by atoms with Crippen LogP contribution in [0.4, 0.5) is 0 Å². The number of aliphatic hydroxyl groups excluding tert-OH is 1. The van der Waals surface area contributed by atoms with E-state index in [0.717, 1.165) is 18.4 Å². The number of rotatable bonds is 4. The van der Waals surface area contributed by atoms with Crippen molar-refractivity contribution in [2.45, 2.75) is 47.5 Å². The molecule has 0 heterocycles. The molecule has 0 aromatic rings. The van der Waals surface area contributed by atoms with Crippen LogP contribution in [-0.4, -0.2) is 10.8 Å². The maximum atomic E-state index is 9.92. The third-order valence-electron chi connectivity index (χ3n) is 3.79. The fourth-order valence-corrected chi connectivity index (χ4v) is 1.85. The summed E-state index contributed by atoms with van der Waals surface area (Å²) in [6, 6.07) is 0. The predicted molar refractivity (Wildman–Crippen MR) is 87.3 cm³/mol. The number of allylic oxidation sites excluding steroid dienone is 7. The average molecular weight is 273 g/mol. The van der Waals surface area contributed by atoms with Gasteiger partial charge in [-0.15, -0.1) is 0 Å². The van der Waals surface area contributed by atoms with Crippen LogP contribution in [0.5, 0.6) is 0 Å². The molecule has 0 unspecified atom stereocenters. The highest BCUT2D eigenvalue weighted by Gasteiger charge is 2.19. The van der Waals surface area contributed by atoms with E-state index in [4.69, 9.17) is 5.41 Å². The third-order valence-corrected chi connectivity index (χ3v) is 3.79. The second kappa shape index (κ2) is 6.25. The van der Waals surface area contributed by atoms with Crippen LogP contribution in [0, 0.1) is 16.2 Å². The average Bonchev–Trinajstić information content (AvgIpc) is 2.44. The molecule has 0 bridgehead atoms. The molecule has 0 radical (unpaired) electrons. The zero-order valence-electron chi connectivity index (χ0n) is 13.3. The van der Waals surface area contributed by atoms with Gasteiger partial charge in [0.1, 0.15) is 11.5 Å². The van der Waals surface area contributed by atoms with Gasteiger partial charge >= 0.3 is 0 Å². The quantitative estimate of drug-likeness (QED) is 0.712. The van der Waals surface area contributed by atoms with Gasteiger partial charge in [0.2, 0.25) is 0 Å². The zero-order chi connectivity index (χ0) is 15.4. The number of aliphatic hydroxyl groups is 1. The topological polar surface area (TPSA) is 44.1 Å². The monoisotopic (exact) mass is 273 g/mol. The van der Waals surface area contributed by atoms with Crippen molar-refractivity contribution in [1.82, 2.24) is 0 Å². The molecule has 1 aliphatic carbocycles. The summed E-state index contributed by atoms with van der Waals surface area (Å²) in [5, 5.41) is 17.9. The summed E-state index contributed by atoms with van der Waals surface area (Å²) in [6.45, 7) is 10.7. The Balaban J connectivity index is 2.86. The highest BCUT2D eigenvalue weighted by Crippen LogP contribution is 2.27. The number of nitrogens with one attached hydrogen (secondary N) is 1. The molecule has 0 saturated carbocycles. The SMILES string of the molecule is CCC(C)(C)C/C=C\C=C1\C=CC(C)(C)C=C(O)C1=N. The third kappa shape index (κ3) is 4.84. The lowest BCUT2D eigenvalue weighted by Crippen LogP contribution is -2.07. The molecule has 0 aromatic heterocycles. The maximum absolute atomic E-state index is 9.92. The van der Waals surface area contributed by atoms with Crippen molar-refractivity contribution in [3.63, 3.8) is 0 Å². The lowest BCUT2D eigenvalue weighted by molar-refractivity contribution is 0.357. The highest BCUT2D eigenvalue weighted by molar-refractivity contribution is 6.11. The van der Waals surface area contributed by atoms with E-state index in [1.165, 1.54) is 0 Å². The van der Waals surface area contributed by atoms with Crippen LogP contribution < -0.4 is 0 Å². The smallest absolute Gasteiger partial charge is 0.137 e. The molecule has 0 atom stereocenters. The summed E-state index contributed by atoms with van der Waals surface area (Å²) in [7, 11) is 0. The van der Waals surface area contributed by atoms with Gasteiger partial charge in [-0.05, 0) is 17.9 Å². The van der Waals surface area contributed by atoms with Crippen LogP contribution >= 0.6 is 0 Å². The predicted octanol–water partition coefficient (Wildman–Crippen LogP) is 5.35. The lowest BCUT2D eigenvalue weighted by Gasteiger charge is -2.19. The molecular formula is C18H27NO. The standard InChI is InChI=1S/C18H27NO/c1-6-17(2,3)11-8-7-9-14-10-12-18(4,5)13-15(20)16(14)19/h7-10,12-13,19-20H,6,11H2,1-5H3/b8-7-,14-9-,19-16?. The Morgan fingerprint density at radius 3 is 2.60 bits per heavy atom. The van der Waals surface area contributed by atoms with Crippen LogP contribution in [-0.2, 0) is 0 Å². The summed E-state index contributed by atoms with van der Waals surface area (Å²) < 4.78 is 0. The fraction of sp³-hybridized carbons (Fsp3) is 0.500. The molecule has 2 heteroatoms. The van der Waals surface area contributed by atoms with Gasteiger partial charge in [-0.3, -0.25) is 5.41 Å². The molecule has 0 amide bonds. The minimum absolute atomic E-state index is 0.0496. The van der Waals surface area contributed by atoms with Crippen molar-refractivity contribution >= 4 is 5.71 Å². The van der Waals surface area contributed by atoms with E-state index in [-0.39, 0.29) is 16.9 Å². The van der Waals surface area contributed by atoms with Gasteiger partial charge in [0.25, 0.3) is 0 Å². The van der Waals surface area contributed by atoms with Crippen molar-refractivity contribution in [3.8, 4) is 0 Å². The van der Waals surface area contributed by atoms with E-state index in [1.807, 2.05) is 38.2 Å². The van der Waals surface area contributed by atoms with E-state index in [1.54, 1.807) is 6.08 Å². The van der Waals surface area contributed by atoms with Crippen LogP contribution in [0.25, 0.3) is 0 Å². The Kier molecular flexibility index (Phi) is 5.15. The first-order chi connectivity index (χ1) is 9.17. The van der Waals surface area contributed by atoms with Gasteiger partial charge in [-0.2, -0.15) is 0 Å². The second-order valence-corrected chi connectivity index (χ2v) is 6.83. The Morgan fingerprint density at radius 1 is 1.35 bits per heavy atom. The molecule has 0 saturated heterocycles. The molecule has 1 aliphatic rings. The van der Waals surface area contributed by atoms with E-state index >= 15 is 0 Å². The first kappa shape index (κ1) is 16.5. The Labute approximate surface area is 123 Å². The van der Waals surface area contributed by atoms with Crippen molar-refractivity contribution in [3.05, 3.63) is 47.8 Å². The van der Waals surface area contributed by atoms with Gasteiger partial charge in [0, 0.05) is 11.0 Å². The molecule has 0 aliphatic heterocycles. The lowest BCUT2D eigenvalue weighted by atomic mass is 9.86. The normalized spacial score (nSPS) is 21.4. The number of hydrogen-bond acceptors (Lipinski definition) is 2. The van der Waals surface area contributed by atoms with E-state index in [0.29, 0.717) is 5.41 Å². The van der Waals surface area contributed by atoms with Crippen LogP contribution in [0.3, 0.4) is 0 Å². The summed E-state index contributed by atoms with van der Waals surface area (Å²) in [5.41, 5.74) is 1.02. The Bertz CT molecular complexity index is 488. The van der Waals surface area contributed by atoms with E-state index in [2.05, 4.69) is 26.8 Å². The van der Waals surface area contributed by atoms with E-state index < -0.39 is 0 Å². The molecule has 0 aromatic carbocycles. The zero-order valence-corrected chi connectivity index (χ0v) is 13.3. The van der Waals surface area contributed by atoms with Gasteiger partial charge in [-0.25, -0.2) is 0 Å². The van der Waals surface area contributed by atoms with Crippen molar-refractivity contribution in [1.29, 1.82) is 5.41 Å². The Morgan fingerprint density at radius 2 is 2.00 bits per heavy atom. The molecule has 1 rings (SSSR count).